The number of hydrogen-bond donors (Lipinski definition) is 0. The molecule has 0 atom stereocenters. The van der Waals surface area contributed by atoms with Crippen LogP contribution in [0.15, 0.2) is 102 Å². The molecule has 7 aromatic rings. The zero-order valence-corrected chi connectivity index (χ0v) is 26.5. The molecule has 7 rings (SSSR count). The van der Waals surface area contributed by atoms with E-state index >= 15 is 0 Å². The van der Waals surface area contributed by atoms with Crippen molar-refractivity contribution in [1.29, 1.82) is 0 Å². The molecule has 0 saturated carbocycles. The molecule has 0 unspecified atom stereocenters. The third-order valence-corrected chi connectivity index (χ3v) is 8.27. The maximum atomic E-state index is 6.30. The predicted octanol–water partition coefficient (Wildman–Crippen LogP) is 8.61. The average molecular weight is 654 g/mol. The SMILES string of the molecule is COc1cc(OCc2cccc(OCc3cccc(OCc4cccc(Cl)c4)c3)c2)c2cc(-c3cn4nc(OC)sc4n3)oc2c1. The van der Waals surface area contributed by atoms with E-state index in [9.17, 15) is 0 Å². The van der Waals surface area contributed by atoms with Crippen LogP contribution in [0.25, 0.3) is 27.4 Å². The Balaban J connectivity index is 1.02. The van der Waals surface area contributed by atoms with E-state index in [-0.39, 0.29) is 0 Å². The fraction of sp³-hybridized carbons (Fsp3) is 0.143. The number of methoxy groups -OCH3 is 2. The van der Waals surface area contributed by atoms with Gasteiger partial charge in [-0.05, 0) is 70.5 Å². The predicted molar refractivity (Wildman–Crippen MR) is 177 cm³/mol. The zero-order valence-electron chi connectivity index (χ0n) is 24.9. The van der Waals surface area contributed by atoms with E-state index in [0.717, 1.165) is 33.6 Å². The van der Waals surface area contributed by atoms with Gasteiger partial charge in [-0.1, -0.05) is 48.0 Å². The molecule has 46 heavy (non-hydrogen) atoms. The van der Waals surface area contributed by atoms with E-state index in [0.29, 0.717) is 63.5 Å². The maximum Gasteiger partial charge on any atom is 0.294 e. The van der Waals surface area contributed by atoms with E-state index in [1.807, 2.05) is 91.0 Å². The van der Waals surface area contributed by atoms with Gasteiger partial charge in [0.2, 0.25) is 4.96 Å². The van der Waals surface area contributed by atoms with Crippen molar-refractivity contribution in [3.63, 3.8) is 0 Å². The normalized spacial score (nSPS) is 11.2. The Labute approximate surface area is 273 Å². The minimum Gasteiger partial charge on any atom is -0.496 e. The van der Waals surface area contributed by atoms with Gasteiger partial charge in [-0.2, -0.15) is 0 Å². The molecule has 9 nitrogen and oxygen atoms in total. The van der Waals surface area contributed by atoms with Crippen molar-refractivity contribution >= 4 is 38.9 Å². The van der Waals surface area contributed by atoms with Gasteiger partial charge in [0.1, 0.15) is 54.1 Å². The largest absolute Gasteiger partial charge is 0.496 e. The van der Waals surface area contributed by atoms with E-state index in [1.54, 1.807) is 24.9 Å². The molecule has 0 bridgehead atoms. The van der Waals surface area contributed by atoms with E-state index in [1.165, 1.54) is 11.3 Å². The lowest BCUT2D eigenvalue weighted by Crippen LogP contribution is -2.00. The number of benzene rings is 4. The fourth-order valence-electron chi connectivity index (χ4n) is 4.90. The van der Waals surface area contributed by atoms with Crippen LogP contribution in [0.5, 0.6) is 28.2 Å². The summed E-state index contributed by atoms with van der Waals surface area (Å²) in [7, 11) is 3.19. The summed E-state index contributed by atoms with van der Waals surface area (Å²) in [5.74, 6) is 3.35. The zero-order chi connectivity index (χ0) is 31.5. The second-order valence-electron chi connectivity index (χ2n) is 10.4. The third-order valence-electron chi connectivity index (χ3n) is 7.15. The molecule has 0 radical (unpaired) electrons. The molecule has 3 heterocycles. The summed E-state index contributed by atoms with van der Waals surface area (Å²) in [5.41, 5.74) is 4.23. The van der Waals surface area contributed by atoms with E-state index in [4.69, 9.17) is 39.7 Å². The van der Waals surface area contributed by atoms with Crippen LogP contribution in [0, 0.1) is 0 Å². The lowest BCUT2D eigenvalue weighted by Gasteiger charge is -2.12. The molecule has 0 aliphatic carbocycles. The molecule has 0 amide bonds. The number of fused-ring (bicyclic) bond motifs is 2. The molecule has 11 heteroatoms. The number of halogens is 1. The Morgan fingerprint density at radius 1 is 0.739 bits per heavy atom. The first-order valence-electron chi connectivity index (χ1n) is 14.4. The van der Waals surface area contributed by atoms with Gasteiger partial charge < -0.3 is 28.1 Å². The van der Waals surface area contributed by atoms with Gasteiger partial charge in [-0.15, -0.1) is 5.10 Å². The molecular weight excluding hydrogens is 626 g/mol. The van der Waals surface area contributed by atoms with Crippen LogP contribution in [-0.4, -0.2) is 28.8 Å². The number of rotatable bonds is 12. The standard InChI is InChI=1S/C35H28ClN3O6S/c1-40-28-15-31(29-17-33(45-32(29)16-28)30-18-39-34(37-30)46-35(38-39)41-2)44-21-24-8-5-11-27(14-24)43-20-23-7-4-10-26(13-23)42-19-22-6-3-9-25(36)12-22/h3-18H,19-21H2,1-2H3. The Kier molecular flexibility index (Phi) is 8.37. The Morgan fingerprint density at radius 2 is 1.41 bits per heavy atom. The minimum absolute atomic E-state index is 0.316. The van der Waals surface area contributed by atoms with Gasteiger partial charge in [0, 0.05) is 17.2 Å². The highest BCUT2D eigenvalue weighted by Crippen LogP contribution is 2.37. The van der Waals surface area contributed by atoms with Gasteiger partial charge in [0.15, 0.2) is 5.76 Å². The molecule has 0 aliphatic rings. The van der Waals surface area contributed by atoms with Crippen LogP contribution in [0.4, 0.5) is 0 Å². The quantitative estimate of drug-likeness (QED) is 0.130. The van der Waals surface area contributed by atoms with Crippen molar-refractivity contribution in [2.45, 2.75) is 19.8 Å². The molecule has 4 aromatic carbocycles. The van der Waals surface area contributed by atoms with E-state index in [2.05, 4.69) is 10.1 Å². The first kappa shape index (κ1) is 29.5. The van der Waals surface area contributed by atoms with Crippen molar-refractivity contribution in [2.75, 3.05) is 14.2 Å². The minimum atomic E-state index is 0.316. The lowest BCUT2D eigenvalue weighted by molar-refractivity contribution is 0.292. The van der Waals surface area contributed by atoms with Crippen LogP contribution in [0.2, 0.25) is 5.02 Å². The number of aromatic nitrogens is 3. The van der Waals surface area contributed by atoms with Crippen molar-refractivity contribution < 1.29 is 28.1 Å². The summed E-state index contributed by atoms with van der Waals surface area (Å²) in [6.45, 7) is 1.14. The summed E-state index contributed by atoms with van der Waals surface area (Å²) >= 11 is 7.44. The lowest BCUT2D eigenvalue weighted by atomic mass is 10.2. The first-order valence-corrected chi connectivity index (χ1v) is 15.6. The van der Waals surface area contributed by atoms with Crippen LogP contribution >= 0.6 is 22.9 Å². The number of imidazole rings is 1. The van der Waals surface area contributed by atoms with Crippen LogP contribution < -0.4 is 23.7 Å². The van der Waals surface area contributed by atoms with Crippen molar-refractivity contribution in [3.8, 4) is 39.6 Å². The smallest absolute Gasteiger partial charge is 0.294 e. The Hall–Kier alpha value is -5.19. The first-order chi connectivity index (χ1) is 22.5. The van der Waals surface area contributed by atoms with Gasteiger partial charge >= 0.3 is 0 Å². The van der Waals surface area contributed by atoms with Gasteiger partial charge in [0.05, 0.1) is 25.8 Å². The third kappa shape index (κ3) is 6.58. The topological polar surface area (TPSA) is 89.5 Å². The number of hydrogen-bond acceptors (Lipinski definition) is 9. The maximum absolute atomic E-state index is 6.30. The Morgan fingerprint density at radius 3 is 2.07 bits per heavy atom. The average Bonchev–Trinajstić information content (AvgIpc) is 3.79. The Bertz CT molecular complexity index is 2110. The summed E-state index contributed by atoms with van der Waals surface area (Å²) < 4.78 is 37.0. The molecule has 0 aliphatic heterocycles. The molecule has 3 aromatic heterocycles. The molecule has 0 N–H and O–H groups in total. The molecule has 0 spiro atoms. The monoisotopic (exact) mass is 653 g/mol. The summed E-state index contributed by atoms with van der Waals surface area (Å²) in [6.07, 6.45) is 1.81. The highest BCUT2D eigenvalue weighted by Gasteiger charge is 2.17. The van der Waals surface area contributed by atoms with Crippen molar-refractivity contribution in [2.24, 2.45) is 0 Å². The number of ether oxygens (including phenoxy) is 5. The van der Waals surface area contributed by atoms with Crippen molar-refractivity contribution in [1.82, 2.24) is 14.6 Å². The summed E-state index contributed by atoms with van der Waals surface area (Å²) in [5, 5.41) is 6.38. The summed E-state index contributed by atoms with van der Waals surface area (Å²) in [6, 6.07) is 28.9. The fourth-order valence-corrected chi connectivity index (χ4v) is 5.81. The van der Waals surface area contributed by atoms with E-state index < -0.39 is 0 Å². The number of furan rings is 1. The van der Waals surface area contributed by atoms with Gasteiger partial charge in [-0.3, -0.25) is 0 Å². The van der Waals surface area contributed by atoms with Crippen LogP contribution in [0.1, 0.15) is 16.7 Å². The second kappa shape index (κ2) is 13.0. The van der Waals surface area contributed by atoms with Gasteiger partial charge in [0.25, 0.3) is 5.19 Å². The van der Waals surface area contributed by atoms with Crippen molar-refractivity contribution in [3.05, 3.63) is 119 Å². The summed E-state index contributed by atoms with van der Waals surface area (Å²) in [4.78, 5) is 5.35. The number of nitrogens with zero attached hydrogens (tertiary/aromatic N) is 3. The molecular formula is C35H28ClN3O6S. The van der Waals surface area contributed by atoms with Crippen LogP contribution in [-0.2, 0) is 19.8 Å². The molecule has 0 fully saturated rings. The molecule has 232 valence electrons. The highest BCUT2D eigenvalue weighted by molar-refractivity contribution is 7.18. The molecule has 0 saturated heterocycles. The second-order valence-corrected chi connectivity index (χ2v) is 11.7. The van der Waals surface area contributed by atoms with Gasteiger partial charge in [-0.25, -0.2) is 9.50 Å². The van der Waals surface area contributed by atoms with Crippen LogP contribution in [0.3, 0.4) is 0 Å². The highest BCUT2D eigenvalue weighted by atomic mass is 35.5.